The van der Waals surface area contributed by atoms with Crippen LogP contribution in [0.25, 0.3) is 0 Å². The number of carbonyl (C=O) groups is 2. The molecule has 1 aliphatic rings. The van der Waals surface area contributed by atoms with Crippen molar-refractivity contribution >= 4 is 11.8 Å². The lowest BCUT2D eigenvalue weighted by atomic mass is 10.0. The number of amides is 2. The van der Waals surface area contributed by atoms with Crippen molar-refractivity contribution in [1.29, 1.82) is 0 Å². The lowest BCUT2D eigenvalue weighted by Crippen LogP contribution is -2.56. The highest BCUT2D eigenvalue weighted by molar-refractivity contribution is 6.01. The second-order valence-electron chi connectivity index (χ2n) is 3.54. The summed E-state index contributed by atoms with van der Waals surface area (Å²) in [6.07, 6.45) is 0.611. The summed E-state index contributed by atoms with van der Waals surface area (Å²) in [5.74, 6) is -0.501. The summed E-state index contributed by atoms with van der Waals surface area (Å²) in [5, 5.41) is 5.21. The molecule has 0 radical (unpaired) electrons. The van der Waals surface area contributed by atoms with Crippen LogP contribution in [0.15, 0.2) is 30.3 Å². The molecule has 0 bridgehead atoms. The number of nitrogens with one attached hydrogen (secondary N) is 2. The van der Waals surface area contributed by atoms with Crippen LogP contribution in [0, 0.1) is 0 Å². The van der Waals surface area contributed by atoms with Gasteiger partial charge in [0.05, 0.1) is 12.6 Å². The molecule has 1 heterocycles. The van der Waals surface area contributed by atoms with E-state index in [-0.39, 0.29) is 24.4 Å². The molecule has 1 atom stereocenters. The fourth-order valence-electron chi connectivity index (χ4n) is 1.59. The molecule has 0 aliphatic carbocycles. The van der Waals surface area contributed by atoms with Gasteiger partial charge in [-0.15, -0.1) is 0 Å². The minimum Gasteiger partial charge on any atom is -0.297 e. The molecule has 15 heavy (non-hydrogen) atoms. The molecule has 2 N–H and O–H groups in total. The average molecular weight is 204 g/mol. The van der Waals surface area contributed by atoms with Gasteiger partial charge in [0.15, 0.2) is 0 Å². The Labute approximate surface area is 87.7 Å². The molecule has 0 aromatic heterocycles. The van der Waals surface area contributed by atoms with Gasteiger partial charge in [-0.3, -0.25) is 20.2 Å². The molecule has 1 aromatic rings. The van der Waals surface area contributed by atoms with E-state index in [0.29, 0.717) is 6.42 Å². The summed E-state index contributed by atoms with van der Waals surface area (Å²) in [5.41, 5.74) is 1.08. The van der Waals surface area contributed by atoms with Crippen LogP contribution in [0.4, 0.5) is 0 Å². The number of carbonyl (C=O) groups excluding carboxylic acids is 2. The third kappa shape index (κ3) is 2.41. The van der Waals surface area contributed by atoms with Gasteiger partial charge in [-0.2, -0.15) is 0 Å². The van der Waals surface area contributed by atoms with Crippen molar-refractivity contribution in [2.45, 2.75) is 12.5 Å². The molecule has 0 unspecified atom stereocenters. The molecule has 1 aromatic carbocycles. The molecule has 1 aliphatic heterocycles. The van der Waals surface area contributed by atoms with E-state index in [4.69, 9.17) is 0 Å². The quantitative estimate of drug-likeness (QED) is 0.658. The van der Waals surface area contributed by atoms with Gasteiger partial charge in [-0.25, -0.2) is 0 Å². The van der Waals surface area contributed by atoms with Gasteiger partial charge in [0.2, 0.25) is 11.8 Å². The van der Waals surface area contributed by atoms with Crippen molar-refractivity contribution in [3.8, 4) is 0 Å². The summed E-state index contributed by atoms with van der Waals surface area (Å²) < 4.78 is 0. The smallest absolute Gasteiger partial charge is 0.244 e. The highest BCUT2D eigenvalue weighted by Crippen LogP contribution is 2.04. The zero-order chi connectivity index (χ0) is 10.7. The van der Waals surface area contributed by atoms with Gasteiger partial charge in [-0.1, -0.05) is 30.3 Å². The fourth-order valence-corrected chi connectivity index (χ4v) is 1.59. The Hall–Kier alpha value is -1.68. The first-order valence-electron chi connectivity index (χ1n) is 4.87. The van der Waals surface area contributed by atoms with E-state index in [0.717, 1.165) is 5.56 Å². The molecule has 0 spiro atoms. The molecule has 2 rings (SSSR count). The maximum absolute atomic E-state index is 11.4. The van der Waals surface area contributed by atoms with Crippen LogP contribution in [-0.2, 0) is 16.0 Å². The first-order valence-corrected chi connectivity index (χ1v) is 4.87. The van der Waals surface area contributed by atoms with E-state index in [2.05, 4.69) is 10.6 Å². The van der Waals surface area contributed by atoms with E-state index in [1.807, 2.05) is 30.3 Å². The Balaban J connectivity index is 2.01. The third-order valence-electron chi connectivity index (χ3n) is 2.37. The van der Waals surface area contributed by atoms with E-state index in [9.17, 15) is 9.59 Å². The van der Waals surface area contributed by atoms with Crippen LogP contribution in [0.5, 0.6) is 0 Å². The van der Waals surface area contributed by atoms with Crippen LogP contribution in [0.1, 0.15) is 5.56 Å². The SMILES string of the molecule is O=C1CN[C@@H](Cc2ccccc2)C(=O)N1. The summed E-state index contributed by atoms with van der Waals surface area (Å²) in [6, 6.07) is 9.42. The standard InChI is InChI=1S/C11H12N2O2/c14-10-7-12-9(11(15)13-10)6-8-4-2-1-3-5-8/h1-5,9,12H,6-7H2,(H,13,14,15)/t9-/m0/s1. The van der Waals surface area contributed by atoms with E-state index >= 15 is 0 Å². The van der Waals surface area contributed by atoms with Crippen LogP contribution in [-0.4, -0.2) is 24.4 Å². The lowest BCUT2D eigenvalue weighted by molar-refractivity contribution is -0.134. The van der Waals surface area contributed by atoms with Crippen LogP contribution in [0.3, 0.4) is 0 Å². The zero-order valence-electron chi connectivity index (χ0n) is 8.19. The summed E-state index contributed by atoms with van der Waals surface area (Å²) in [4.78, 5) is 22.3. The van der Waals surface area contributed by atoms with E-state index < -0.39 is 0 Å². The molecule has 0 saturated carbocycles. The number of imide groups is 1. The van der Waals surface area contributed by atoms with E-state index in [1.54, 1.807) is 0 Å². The van der Waals surface area contributed by atoms with Gasteiger partial charge in [0.1, 0.15) is 0 Å². The summed E-state index contributed by atoms with van der Waals surface area (Å²) >= 11 is 0. The Morgan fingerprint density at radius 2 is 1.93 bits per heavy atom. The second-order valence-corrected chi connectivity index (χ2v) is 3.54. The zero-order valence-corrected chi connectivity index (χ0v) is 8.19. The predicted octanol–water partition coefficient (Wildman–Crippen LogP) is -0.156. The fraction of sp³-hybridized carbons (Fsp3) is 0.273. The largest absolute Gasteiger partial charge is 0.297 e. The average Bonchev–Trinajstić information content (AvgIpc) is 2.24. The monoisotopic (exact) mass is 204 g/mol. The highest BCUT2D eigenvalue weighted by atomic mass is 16.2. The molecule has 2 amide bonds. The van der Waals surface area contributed by atoms with Crippen LogP contribution >= 0.6 is 0 Å². The van der Waals surface area contributed by atoms with Crippen molar-refractivity contribution in [3.05, 3.63) is 35.9 Å². The Morgan fingerprint density at radius 1 is 1.20 bits per heavy atom. The number of hydrogen-bond donors (Lipinski definition) is 2. The van der Waals surface area contributed by atoms with Crippen molar-refractivity contribution in [2.75, 3.05) is 6.54 Å². The van der Waals surface area contributed by atoms with Gasteiger partial charge in [0.25, 0.3) is 0 Å². The minimum absolute atomic E-state index is 0.212. The molecule has 1 fully saturated rings. The molecular formula is C11H12N2O2. The minimum atomic E-state index is -0.301. The Kier molecular flexibility index (Phi) is 2.78. The maximum atomic E-state index is 11.4. The van der Waals surface area contributed by atoms with Crippen molar-refractivity contribution in [2.24, 2.45) is 0 Å². The molecule has 4 heteroatoms. The second kappa shape index (κ2) is 4.23. The number of piperazine rings is 1. The van der Waals surface area contributed by atoms with E-state index in [1.165, 1.54) is 0 Å². The maximum Gasteiger partial charge on any atom is 0.244 e. The van der Waals surface area contributed by atoms with Gasteiger partial charge >= 0.3 is 0 Å². The van der Waals surface area contributed by atoms with Gasteiger partial charge in [-0.05, 0) is 12.0 Å². The predicted molar refractivity (Wildman–Crippen MR) is 55.1 cm³/mol. The van der Waals surface area contributed by atoms with Crippen molar-refractivity contribution < 1.29 is 9.59 Å². The first kappa shape index (κ1) is 9.86. The first-order chi connectivity index (χ1) is 7.25. The summed E-state index contributed by atoms with van der Waals surface area (Å²) in [7, 11) is 0. The normalized spacial score (nSPS) is 21.2. The number of rotatable bonds is 2. The van der Waals surface area contributed by atoms with Gasteiger partial charge in [0, 0.05) is 0 Å². The summed E-state index contributed by atoms with van der Waals surface area (Å²) in [6.45, 7) is 0.212. The van der Waals surface area contributed by atoms with Crippen LogP contribution in [0.2, 0.25) is 0 Å². The molecular weight excluding hydrogens is 192 g/mol. The molecule has 1 saturated heterocycles. The third-order valence-corrected chi connectivity index (χ3v) is 2.37. The Bertz CT molecular complexity index is 375. The topological polar surface area (TPSA) is 58.2 Å². The van der Waals surface area contributed by atoms with Crippen molar-refractivity contribution in [3.63, 3.8) is 0 Å². The lowest BCUT2D eigenvalue weighted by Gasteiger charge is -2.22. The van der Waals surface area contributed by atoms with Crippen LogP contribution < -0.4 is 10.6 Å². The van der Waals surface area contributed by atoms with Gasteiger partial charge < -0.3 is 0 Å². The Morgan fingerprint density at radius 3 is 2.60 bits per heavy atom. The highest BCUT2D eigenvalue weighted by Gasteiger charge is 2.25. The number of benzene rings is 1. The van der Waals surface area contributed by atoms with Crippen molar-refractivity contribution in [1.82, 2.24) is 10.6 Å². The molecule has 78 valence electrons. The molecule has 4 nitrogen and oxygen atoms in total. The number of hydrogen-bond acceptors (Lipinski definition) is 3.